The van der Waals surface area contributed by atoms with E-state index in [1.807, 2.05) is 12.3 Å². The number of nitrogens with zero attached hydrogens (tertiary/aromatic N) is 1. The minimum absolute atomic E-state index is 0.628. The molecule has 0 bridgehead atoms. The predicted octanol–water partition coefficient (Wildman–Crippen LogP) is 4.43. The van der Waals surface area contributed by atoms with Gasteiger partial charge in [-0.25, -0.2) is 0 Å². The van der Waals surface area contributed by atoms with Gasteiger partial charge in [0.15, 0.2) is 0 Å². The molecule has 0 radical (unpaired) electrons. The van der Waals surface area contributed by atoms with Crippen LogP contribution in [-0.2, 0) is 0 Å². The summed E-state index contributed by atoms with van der Waals surface area (Å²) in [6.07, 6.45) is 4.16. The van der Waals surface area contributed by atoms with Crippen molar-refractivity contribution < 1.29 is 0 Å². The first-order valence-electron chi connectivity index (χ1n) is 6.49. The van der Waals surface area contributed by atoms with Gasteiger partial charge in [-0.1, -0.05) is 42.0 Å². The minimum Gasteiger partial charge on any atom is -0.257 e. The first kappa shape index (κ1) is 11.2. The van der Waals surface area contributed by atoms with E-state index in [4.69, 9.17) is 0 Å². The van der Waals surface area contributed by atoms with Crippen LogP contribution in [0.5, 0.6) is 0 Å². The maximum absolute atomic E-state index is 4.48. The fourth-order valence-electron chi connectivity index (χ4n) is 2.81. The number of rotatable bonds is 2. The van der Waals surface area contributed by atoms with E-state index in [-0.39, 0.29) is 0 Å². The molecule has 0 spiro atoms. The quantitative estimate of drug-likeness (QED) is 0.750. The maximum atomic E-state index is 4.48. The van der Waals surface area contributed by atoms with Gasteiger partial charge < -0.3 is 0 Å². The largest absolute Gasteiger partial charge is 0.257 e. The number of benzene rings is 1. The zero-order chi connectivity index (χ0) is 12.4. The van der Waals surface area contributed by atoms with Gasteiger partial charge in [-0.05, 0) is 49.0 Å². The summed E-state index contributed by atoms with van der Waals surface area (Å²) in [5, 5.41) is 0. The summed E-state index contributed by atoms with van der Waals surface area (Å²) in [6.45, 7) is 2.24. The van der Waals surface area contributed by atoms with Gasteiger partial charge in [0.1, 0.15) is 0 Å². The second-order valence-corrected chi connectivity index (χ2v) is 4.99. The summed E-state index contributed by atoms with van der Waals surface area (Å²) >= 11 is 0. The predicted molar refractivity (Wildman–Crippen MR) is 75.2 cm³/mol. The molecule has 2 aromatic rings. The van der Waals surface area contributed by atoms with Crippen LogP contribution < -0.4 is 0 Å². The molecule has 0 aliphatic heterocycles. The van der Waals surface area contributed by atoms with Crippen molar-refractivity contribution >= 4 is 5.57 Å². The van der Waals surface area contributed by atoms with Crippen LogP contribution in [0.3, 0.4) is 0 Å². The lowest BCUT2D eigenvalue weighted by molar-refractivity contribution is 0.744. The Labute approximate surface area is 108 Å². The normalized spacial score (nSPS) is 19.3. The van der Waals surface area contributed by atoms with E-state index in [1.54, 1.807) is 0 Å². The van der Waals surface area contributed by atoms with E-state index in [0.717, 1.165) is 18.5 Å². The molecule has 18 heavy (non-hydrogen) atoms. The molecule has 0 saturated carbocycles. The third kappa shape index (κ3) is 2.08. The molecule has 1 heterocycles. The minimum atomic E-state index is 0.628. The van der Waals surface area contributed by atoms with Crippen LogP contribution in [0, 0.1) is 0 Å². The molecule has 1 aliphatic rings. The van der Waals surface area contributed by atoms with Crippen LogP contribution in [-0.4, -0.2) is 4.98 Å². The van der Waals surface area contributed by atoms with Crippen molar-refractivity contribution in [2.75, 3.05) is 0 Å². The molecule has 1 aromatic heterocycles. The fourth-order valence-corrected chi connectivity index (χ4v) is 2.81. The van der Waals surface area contributed by atoms with Gasteiger partial charge in [0.05, 0.1) is 5.69 Å². The smallest absolute Gasteiger partial charge is 0.0661 e. The molecule has 0 N–H and O–H groups in total. The summed E-state index contributed by atoms with van der Waals surface area (Å²) in [6, 6.07) is 17.0. The highest BCUT2D eigenvalue weighted by Crippen LogP contribution is 2.42. The van der Waals surface area contributed by atoms with Gasteiger partial charge >= 0.3 is 0 Å². The molecule has 1 heteroatoms. The number of hydrogen-bond donors (Lipinski definition) is 0. The first-order chi connectivity index (χ1) is 8.84. The summed E-state index contributed by atoms with van der Waals surface area (Å²) in [5.74, 6) is 0.628. The van der Waals surface area contributed by atoms with Gasteiger partial charge in [0.25, 0.3) is 0 Å². The van der Waals surface area contributed by atoms with Gasteiger partial charge in [-0.15, -0.1) is 0 Å². The molecule has 1 atom stereocenters. The lowest BCUT2D eigenvalue weighted by Crippen LogP contribution is -1.93. The molecular formula is C17H17N. The molecule has 1 aliphatic carbocycles. The SMILES string of the molecule is CC1=C(c2ccccn2)CC(c2ccccc2)C1. The second kappa shape index (κ2) is 4.77. The van der Waals surface area contributed by atoms with Crippen LogP contribution in [0.4, 0.5) is 0 Å². The Balaban J connectivity index is 1.86. The molecule has 3 rings (SSSR count). The van der Waals surface area contributed by atoms with E-state index in [1.165, 1.54) is 16.7 Å². The van der Waals surface area contributed by atoms with Crippen LogP contribution in [0.1, 0.15) is 36.9 Å². The van der Waals surface area contributed by atoms with Crippen LogP contribution in [0.15, 0.2) is 60.3 Å². The monoisotopic (exact) mass is 235 g/mol. The highest BCUT2D eigenvalue weighted by atomic mass is 14.7. The Hall–Kier alpha value is -1.89. The van der Waals surface area contributed by atoms with Gasteiger partial charge in [-0.3, -0.25) is 4.98 Å². The third-order valence-corrected chi connectivity index (χ3v) is 3.76. The van der Waals surface area contributed by atoms with Crippen molar-refractivity contribution in [3.05, 3.63) is 71.6 Å². The van der Waals surface area contributed by atoms with Crippen LogP contribution in [0.25, 0.3) is 5.57 Å². The molecule has 1 aromatic carbocycles. The number of hydrogen-bond acceptors (Lipinski definition) is 1. The topological polar surface area (TPSA) is 12.9 Å². The van der Waals surface area contributed by atoms with E-state index < -0.39 is 0 Å². The standard InChI is InChI=1S/C17H17N/c1-13-11-15(14-7-3-2-4-8-14)12-16(13)17-9-5-6-10-18-17/h2-10,15H,11-12H2,1H3. The molecule has 0 fully saturated rings. The summed E-state index contributed by atoms with van der Waals surface area (Å²) in [7, 11) is 0. The van der Waals surface area contributed by atoms with E-state index >= 15 is 0 Å². The molecule has 90 valence electrons. The maximum Gasteiger partial charge on any atom is 0.0661 e. The highest BCUT2D eigenvalue weighted by molar-refractivity contribution is 5.69. The first-order valence-corrected chi connectivity index (χ1v) is 6.49. The lowest BCUT2D eigenvalue weighted by atomic mass is 9.95. The van der Waals surface area contributed by atoms with Gasteiger partial charge in [0, 0.05) is 6.20 Å². The third-order valence-electron chi connectivity index (χ3n) is 3.76. The Morgan fingerprint density at radius 1 is 0.944 bits per heavy atom. The average Bonchev–Trinajstić information content (AvgIpc) is 2.83. The Kier molecular flexibility index (Phi) is 2.97. The van der Waals surface area contributed by atoms with Crippen molar-refractivity contribution in [3.8, 4) is 0 Å². The van der Waals surface area contributed by atoms with Crippen LogP contribution >= 0.6 is 0 Å². The molecule has 1 nitrogen and oxygen atoms in total. The van der Waals surface area contributed by atoms with Crippen molar-refractivity contribution in [1.82, 2.24) is 4.98 Å². The zero-order valence-electron chi connectivity index (χ0n) is 10.6. The van der Waals surface area contributed by atoms with Gasteiger partial charge in [-0.2, -0.15) is 0 Å². The molecular weight excluding hydrogens is 218 g/mol. The molecule has 0 amide bonds. The zero-order valence-corrected chi connectivity index (χ0v) is 10.6. The summed E-state index contributed by atoms with van der Waals surface area (Å²) in [4.78, 5) is 4.48. The average molecular weight is 235 g/mol. The summed E-state index contributed by atoms with van der Waals surface area (Å²) < 4.78 is 0. The van der Waals surface area contributed by atoms with Crippen LogP contribution in [0.2, 0.25) is 0 Å². The second-order valence-electron chi connectivity index (χ2n) is 4.99. The van der Waals surface area contributed by atoms with E-state index in [9.17, 15) is 0 Å². The number of aromatic nitrogens is 1. The van der Waals surface area contributed by atoms with Crippen molar-refractivity contribution in [1.29, 1.82) is 0 Å². The highest BCUT2D eigenvalue weighted by Gasteiger charge is 2.24. The number of pyridine rings is 1. The van der Waals surface area contributed by atoms with Crippen molar-refractivity contribution in [3.63, 3.8) is 0 Å². The Morgan fingerprint density at radius 3 is 2.44 bits per heavy atom. The van der Waals surface area contributed by atoms with Gasteiger partial charge in [0.2, 0.25) is 0 Å². The Morgan fingerprint density at radius 2 is 1.72 bits per heavy atom. The van der Waals surface area contributed by atoms with E-state index in [2.05, 4.69) is 54.4 Å². The summed E-state index contributed by atoms with van der Waals surface area (Å²) in [5.41, 5.74) is 5.52. The van der Waals surface area contributed by atoms with Crippen molar-refractivity contribution in [2.24, 2.45) is 0 Å². The lowest BCUT2D eigenvalue weighted by Gasteiger charge is -2.10. The van der Waals surface area contributed by atoms with E-state index in [0.29, 0.717) is 5.92 Å². The van der Waals surface area contributed by atoms with Crippen molar-refractivity contribution in [2.45, 2.75) is 25.7 Å². The molecule has 0 saturated heterocycles. The Bertz CT molecular complexity index is 555. The number of allylic oxidation sites excluding steroid dienone is 2. The fraction of sp³-hybridized carbons (Fsp3) is 0.235. The molecule has 1 unspecified atom stereocenters.